The molecule has 1 aliphatic carbocycles. The predicted molar refractivity (Wildman–Crippen MR) is 96.5 cm³/mol. The van der Waals surface area contributed by atoms with Crippen LogP contribution < -0.4 is 9.62 Å². The van der Waals surface area contributed by atoms with Crippen LogP contribution in [0.4, 0.5) is 16.2 Å². The first-order valence-electron chi connectivity index (χ1n) is 7.97. The summed E-state index contributed by atoms with van der Waals surface area (Å²) in [7, 11) is -0.762. The highest BCUT2D eigenvalue weighted by Crippen LogP contribution is 2.26. The molecule has 7 heteroatoms. The van der Waals surface area contributed by atoms with Gasteiger partial charge in [-0.15, -0.1) is 0 Å². The molecule has 2 aromatic carbocycles. The highest BCUT2D eigenvalue weighted by atomic mass is 32.2. The number of amides is 1. The van der Waals surface area contributed by atoms with Crippen molar-refractivity contribution in [3.05, 3.63) is 53.6 Å². The summed E-state index contributed by atoms with van der Waals surface area (Å²) < 4.78 is 32.4. The molecule has 0 aromatic heterocycles. The second kappa shape index (κ2) is 6.76. The molecule has 0 saturated heterocycles. The van der Waals surface area contributed by atoms with E-state index in [4.69, 9.17) is 0 Å². The number of benzene rings is 2. The number of anilines is 2. The molecule has 0 fully saturated rings. The molecule has 0 spiro atoms. The maximum atomic E-state index is 12.6. The fraction of sp³-hybridized carbons (Fsp3) is 0.278. The number of hydrogen-bond donors (Lipinski definition) is 1. The van der Waals surface area contributed by atoms with E-state index in [1.165, 1.54) is 17.6 Å². The van der Waals surface area contributed by atoms with Crippen molar-refractivity contribution in [2.45, 2.75) is 24.2 Å². The number of nitrogens with zero attached hydrogens (tertiary/aromatic N) is 1. The maximum Gasteiger partial charge on any atom is 0.413 e. The van der Waals surface area contributed by atoms with Gasteiger partial charge in [-0.05, 0) is 66.8 Å². The van der Waals surface area contributed by atoms with Gasteiger partial charge in [0.1, 0.15) is 0 Å². The topological polar surface area (TPSA) is 75.7 Å². The van der Waals surface area contributed by atoms with Crippen molar-refractivity contribution in [2.24, 2.45) is 0 Å². The average Bonchev–Trinajstić information content (AvgIpc) is 3.08. The van der Waals surface area contributed by atoms with Gasteiger partial charge in [-0.3, -0.25) is 9.62 Å². The molecule has 2 aromatic rings. The number of hydrogen-bond acceptors (Lipinski definition) is 4. The second-order valence-electron chi connectivity index (χ2n) is 5.97. The molecule has 0 atom stereocenters. The first kappa shape index (κ1) is 17.3. The SMILES string of the molecule is COC(=O)N(C)c1ccc(NS(=O)(=O)c2ccc3c(c2)CCC3)cc1. The zero-order chi connectivity index (χ0) is 18.0. The first-order valence-corrected chi connectivity index (χ1v) is 9.45. The minimum absolute atomic E-state index is 0.268. The summed E-state index contributed by atoms with van der Waals surface area (Å²) in [5, 5.41) is 0. The molecule has 0 heterocycles. The van der Waals surface area contributed by atoms with Crippen molar-refractivity contribution in [2.75, 3.05) is 23.8 Å². The Morgan fingerprint density at radius 3 is 2.44 bits per heavy atom. The predicted octanol–water partition coefficient (Wildman–Crippen LogP) is 3.18. The minimum Gasteiger partial charge on any atom is -0.452 e. The Kier molecular flexibility index (Phi) is 4.67. The molecule has 0 radical (unpaired) electrons. The van der Waals surface area contributed by atoms with E-state index >= 15 is 0 Å². The van der Waals surface area contributed by atoms with E-state index in [9.17, 15) is 13.2 Å². The fourth-order valence-electron chi connectivity index (χ4n) is 2.92. The number of ether oxygens (including phenoxy) is 1. The molecule has 0 saturated carbocycles. The summed E-state index contributed by atoms with van der Waals surface area (Å²) in [6.07, 6.45) is 2.51. The van der Waals surface area contributed by atoms with Crippen molar-refractivity contribution in [1.82, 2.24) is 0 Å². The Labute approximate surface area is 147 Å². The maximum absolute atomic E-state index is 12.6. The zero-order valence-corrected chi connectivity index (χ0v) is 15.0. The summed E-state index contributed by atoms with van der Waals surface area (Å²) in [6, 6.07) is 11.8. The summed E-state index contributed by atoms with van der Waals surface area (Å²) >= 11 is 0. The van der Waals surface area contributed by atoms with Gasteiger partial charge in [0.05, 0.1) is 12.0 Å². The third-order valence-corrected chi connectivity index (χ3v) is 5.71. The minimum atomic E-state index is -3.64. The molecule has 0 bridgehead atoms. The number of sulfonamides is 1. The second-order valence-corrected chi connectivity index (χ2v) is 7.65. The van der Waals surface area contributed by atoms with Crippen molar-refractivity contribution in [3.63, 3.8) is 0 Å². The van der Waals surface area contributed by atoms with Gasteiger partial charge in [-0.25, -0.2) is 13.2 Å². The quantitative estimate of drug-likeness (QED) is 0.909. The van der Waals surface area contributed by atoms with Crippen molar-refractivity contribution in [1.29, 1.82) is 0 Å². The zero-order valence-electron chi connectivity index (χ0n) is 14.2. The molecule has 25 heavy (non-hydrogen) atoms. The van der Waals surface area contributed by atoms with E-state index in [1.54, 1.807) is 43.4 Å². The Hall–Kier alpha value is -2.54. The standard InChI is InChI=1S/C18H20N2O4S/c1-20(18(21)24-2)16-9-7-15(8-10-16)19-25(22,23)17-11-6-13-4-3-5-14(13)12-17/h6-12,19H,3-5H2,1-2H3. The smallest absolute Gasteiger partial charge is 0.413 e. The number of aryl methyl sites for hydroxylation is 2. The Balaban J connectivity index is 1.78. The lowest BCUT2D eigenvalue weighted by Gasteiger charge is -2.16. The van der Waals surface area contributed by atoms with Crippen LogP contribution in [0.3, 0.4) is 0 Å². The van der Waals surface area contributed by atoms with Crippen LogP contribution in [-0.4, -0.2) is 28.7 Å². The molecule has 1 N–H and O–H groups in total. The van der Waals surface area contributed by atoms with Gasteiger partial charge in [0.25, 0.3) is 10.0 Å². The number of nitrogens with one attached hydrogen (secondary N) is 1. The van der Waals surface area contributed by atoms with E-state index < -0.39 is 16.1 Å². The molecular weight excluding hydrogens is 340 g/mol. The van der Waals surface area contributed by atoms with Crippen LogP contribution in [0, 0.1) is 0 Å². The van der Waals surface area contributed by atoms with Crippen LogP contribution >= 0.6 is 0 Å². The van der Waals surface area contributed by atoms with Crippen LogP contribution in [0.1, 0.15) is 17.5 Å². The number of carbonyl (C=O) groups is 1. The lowest BCUT2D eigenvalue weighted by molar-refractivity contribution is 0.180. The van der Waals surface area contributed by atoms with E-state index in [1.807, 2.05) is 6.07 Å². The van der Waals surface area contributed by atoms with Crippen LogP contribution in [0.2, 0.25) is 0 Å². The summed E-state index contributed by atoms with van der Waals surface area (Å²) in [5.41, 5.74) is 3.38. The molecule has 6 nitrogen and oxygen atoms in total. The number of rotatable bonds is 4. The Morgan fingerprint density at radius 2 is 1.76 bits per heavy atom. The van der Waals surface area contributed by atoms with Crippen LogP contribution in [0.15, 0.2) is 47.4 Å². The molecule has 132 valence electrons. The number of fused-ring (bicyclic) bond motifs is 1. The van der Waals surface area contributed by atoms with Crippen LogP contribution in [0.25, 0.3) is 0 Å². The van der Waals surface area contributed by atoms with Crippen molar-refractivity contribution >= 4 is 27.5 Å². The monoisotopic (exact) mass is 360 g/mol. The summed E-state index contributed by atoms with van der Waals surface area (Å²) in [6.45, 7) is 0. The molecule has 0 aliphatic heterocycles. The average molecular weight is 360 g/mol. The normalized spacial score (nSPS) is 13.2. The van der Waals surface area contributed by atoms with Gasteiger partial charge in [-0.1, -0.05) is 6.07 Å². The van der Waals surface area contributed by atoms with E-state index in [0.717, 1.165) is 24.8 Å². The van der Waals surface area contributed by atoms with E-state index in [-0.39, 0.29) is 4.90 Å². The van der Waals surface area contributed by atoms with Gasteiger partial charge in [0.2, 0.25) is 0 Å². The first-order chi connectivity index (χ1) is 11.9. The molecule has 1 amide bonds. The highest BCUT2D eigenvalue weighted by molar-refractivity contribution is 7.92. The number of carbonyl (C=O) groups excluding carboxylic acids is 1. The fourth-order valence-corrected chi connectivity index (χ4v) is 4.03. The van der Waals surface area contributed by atoms with Crippen LogP contribution in [-0.2, 0) is 27.6 Å². The third kappa shape index (κ3) is 3.61. The molecule has 1 aliphatic rings. The Bertz CT molecular complexity index is 892. The van der Waals surface area contributed by atoms with Gasteiger partial charge < -0.3 is 4.74 Å². The molecular formula is C18H20N2O4S. The van der Waals surface area contributed by atoms with Gasteiger partial charge in [0, 0.05) is 18.4 Å². The largest absolute Gasteiger partial charge is 0.452 e. The van der Waals surface area contributed by atoms with E-state index in [0.29, 0.717) is 11.4 Å². The third-order valence-electron chi connectivity index (χ3n) is 4.34. The van der Waals surface area contributed by atoms with Gasteiger partial charge >= 0.3 is 6.09 Å². The summed E-state index contributed by atoms with van der Waals surface area (Å²) in [4.78, 5) is 13.1. The molecule has 0 unspecified atom stereocenters. The van der Waals surface area contributed by atoms with Crippen LogP contribution in [0.5, 0.6) is 0 Å². The lowest BCUT2D eigenvalue weighted by Crippen LogP contribution is -2.25. The van der Waals surface area contributed by atoms with E-state index in [2.05, 4.69) is 9.46 Å². The van der Waals surface area contributed by atoms with Gasteiger partial charge in [-0.2, -0.15) is 0 Å². The lowest BCUT2D eigenvalue weighted by atomic mass is 10.1. The summed E-state index contributed by atoms with van der Waals surface area (Å²) in [5.74, 6) is 0. The highest BCUT2D eigenvalue weighted by Gasteiger charge is 2.19. The molecule has 3 rings (SSSR count). The number of methoxy groups -OCH3 is 1. The van der Waals surface area contributed by atoms with Crippen molar-refractivity contribution in [3.8, 4) is 0 Å². The van der Waals surface area contributed by atoms with Gasteiger partial charge in [0.15, 0.2) is 0 Å². The Morgan fingerprint density at radius 1 is 1.08 bits per heavy atom. The van der Waals surface area contributed by atoms with Crippen molar-refractivity contribution < 1.29 is 17.9 Å².